The van der Waals surface area contributed by atoms with E-state index in [1.54, 1.807) is 25.2 Å². The SMILES string of the molecule is Cc1nc(NC(=O)CCNC(=O)c2cccc(-c3nnn(C)n3)c2)sc1C(C)(C)C. The molecular formula is C20H25N7O2S. The van der Waals surface area contributed by atoms with Gasteiger partial charge >= 0.3 is 0 Å². The molecule has 1 aromatic carbocycles. The largest absolute Gasteiger partial charge is 0.352 e. The molecule has 158 valence electrons. The predicted octanol–water partition coefficient (Wildman–Crippen LogP) is 2.70. The summed E-state index contributed by atoms with van der Waals surface area (Å²) >= 11 is 1.48. The smallest absolute Gasteiger partial charge is 0.251 e. The quantitative estimate of drug-likeness (QED) is 0.625. The van der Waals surface area contributed by atoms with Crippen molar-refractivity contribution in [3.8, 4) is 11.4 Å². The van der Waals surface area contributed by atoms with E-state index in [4.69, 9.17) is 0 Å². The molecule has 3 rings (SSSR count). The Kier molecular flexibility index (Phi) is 6.25. The number of nitrogens with one attached hydrogen (secondary N) is 2. The van der Waals surface area contributed by atoms with Gasteiger partial charge in [-0.1, -0.05) is 32.9 Å². The molecule has 9 nitrogen and oxygen atoms in total. The van der Waals surface area contributed by atoms with Gasteiger partial charge < -0.3 is 10.6 Å². The Balaban J connectivity index is 1.53. The zero-order valence-corrected chi connectivity index (χ0v) is 18.5. The lowest BCUT2D eigenvalue weighted by Crippen LogP contribution is -2.27. The maximum Gasteiger partial charge on any atom is 0.251 e. The molecule has 2 heterocycles. The lowest BCUT2D eigenvalue weighted by atomic mass is 9.94. The average Bonchev–Trinajstić information content (AvgIpc) is 3.27. The average molecular weight is 428 g/mol. The minimum atomic E-state index is -0.270. The monoisotopic (exact) mass is 427 g/mol. The van der Waals surface area contributed by atoms with Crippen LogP contribution in [0.5, 0.6) is 0 Å². The number of carbonyl (C=O) groups excluding carboxylic acids is 2. The first-order chi connectivity index (χ1) is 14.1. The van der Waals surface area contributed by atoms with Crippen LogP contribution in [0, 0.1) is 6.92 Å². The minimum absolute atomic E-state index is 0.0198. The van der Waals surface area contributed by atoms with E-state index in [9.17, 15) is 9.59 Å². The van der Waals surface area contributed by atoms with Gasteiger partial charge in [0.1, 0.15) is 0 Å². The van der Waals surface area contributed by atoms with Gasteiger partial charge in [-0.05, 0) is 29.7 Å². The minimum Gasteiger partial charge on any atom is -0.352 e. The molecule has 0 aliphatic heterocycles. The number of rotatable bonds is 6. The van der Waals surface area contributed by atoms with Gasteiger partial charge in [0.25, 0.3) is 5.91 Å². The topological polar surface area (TPSA) is 115 Å². The third-order valence-electron chi connectivity index (χ3n) is 4.25. The number of hydrogen-bond donors (Lipinski definition) is 2. The van der Waals surface area contributed by atoms with Crippen LogP contribution in [0.4, 0.5) is 5.13 Å². The van der Waals surface area contributed by atoms with Crippen molar-refractivity contribution in [3.05, 3.63) is 40.4 Å². The maximum atomic E-state index is 12.4. The van der Waals surface area contributed by atoms with Gasteiger partial charge in [-0.25, -0.2) is 4.98 Å². The molecule has 0 aliphatic carbocycles. The summed E-state index contributed by atoms with van der Waals surface area (Å²) in [5, 5.41) is 18.0. The molecular weight excluding hydrogens is 402 g/mol. The van der Waals surface area contributed by atoms with Crippen molar-refractivity contribution in [2.24, 2.45) is 7.05 Å². The summed E-state index contributed by atoms with van der Waals surface area (Å²) in [6.45, 7) is 8.50. The molecule has 3 aromatic rings. The highest BCUT2D eigenvalue weighted by Crippen LogP contribution is 2.33. The van der Waals surface area contributed by atoms with Crippen molar-refractivity contribution < 1.29 is 9.59 Å². The summed E-state index contributed by atoms with van der Waals surface area (Å²) in [4.78, 5) is 31.6. The zero-order valence-electron chi connectivity index (χ0n) is 17.7. The van der Waals surface area contributed by atoms with Gasteiger partial charge in [0.2, 0.25) is 11.7 Å². The predicted molar refractivity (Wildman–Crippen MR) is 115 cm³/mol. The van der Waals surface area contributed by atoms with Crippen molar-refractivity contribution in [1.82, 2.24) is 30.5 Å². The summed E-state index contributed by atoms with van der Waals surface area (Å²) in [5.74, 6) is -0.0180. The normalized spacial score (nSPS) is 11.4. The fourth-order valence-electron chi connectivity index (χ4n) is 2.92. The fourth-order valence-corrected chi connectivity index (χ4v) is 3.96. The van der Waals surface area contributed by atoms with Gasteiger partial charge in [0.15, 0.2) is 5.13 Å². The summed E-state index contributed by atoms with van der Waals surface area (Å²) in [7, 11) is 1.68. The second kappa shape index (κ2) is 8.70. The molecule has 30 heavy (non-hydrogen) atoms. The van der Waals surface area contributed by atoms with Crippen LogP contribution in [0.3, 0.4) is 0 Å². The Morgan fingerprint density at radius 2 is 2.00 bits per heavy atom. The molecule has 2 aromatic heterocycles. The summed E-state index contributed by atoms with van der Waals surface area (Å²) in [6.07, 6.45) is 0.153. The first kappa shape index (κ1) is 21.6. The Morgan fingerprint density at radius 3 is 2.63 bits per heavy atom. The van der Waals surface area contributed by atoms with Crippen LogP contribution < -0.4 is 10.6 Å². The summed E-state index contributed by atoms with van der Waals surface area (Å²) in [5.41, 5.74) is 2.07. The number of carbonyl (C=O) groups is 2. The standard InChI is InChI=1S/C20H25N7O2S/c1-12-16(20(2,3)4)30-19(22-12)23-15(28)9-10-21-18(29)14-8-6-7-13(11-14)17-24-26-27(5)25-17/h6-8,11H,9-10H2,1-5H3,(H,21,29)(H,22,23,28). The second-order valence-corrected chi connectivity index (χ2v) is 8.92. The number of nitrogens with zero attached hydrogens (tertiary/aromatic N) is 5. The molecule has 0 bridgehead atoms. The van der Waals surface area contributed by atoms with E-state index in [1.807, 2.05) is 13.0 Å². The molecule has 0 saturated heterocycles. The van der Waals surface area contributed by atoms with Crippen LogP contribution in [0.2, 0.25) is 0 Å². The van der Waals surface area contributed by atoms with Gasteiger partial charge in [-0.2, -0.15) is 4.80 Å². The highest BCUT2D eigenvalue weighted by molar-refractivity contribution is 7.16. The lowest BCUT2D eigenvalue weighted by molar-refractivity contribution is -0.116. The number of hydrogen-bond acceptors (Lipinski definition) is 7. The van der Waals surface area contributed by atoms with Gasteiger partial charge in [0.05, 0.1) is 12.7 Å². The third-order valence-corrected chi connectivity index (χ3v) is 5.75. The first-order valence-electron chi connectivity index (χ1n) is 9.54. The molecule has 0 atom stereocenters. The lowest BCUT2D eigenvalue weighted by Gasteiger charge is -2.16. The van der Waals surface area contributed by atoms with Crippen LogP contribution in [0.1, 0.15) is 48.1 Å². The molecule has 2 amide bonds. The van der Waals surface area contributed by atoms with E-state index in [0.717, 1.165) is 10.6 Å². The Labute approximate surface area is 178 Å². The van der Waals surface area contributed by atoms with E-state index in [-0.39, 0.29) is 30.2 Å². The van der Waals surface area contributed by atoms with Crippen LogP contribution in [-0.4, -0.2) is 43.6 Å². The third kappa shape index (κ3) is 5.26. The maximum absolute atomic E-state index is 12.4. The molecule has 2 N–H and O–H groups in total. The summed E-state index contributed by atoms with van der Waals surface area (Å²) in [6, 6.07) is 6.95. The molecule has 0 aliphatic rings. The van der Waals surface area contributed by atoms with Gasteiger partial charge in [0, 0.05) is 29.0 Å². The van der Waals surface area contributed by atoms with Crippen molar-refractivity contribution in [2.45, 2.75) is 39.5 Å². The van der Waals surface area contributed by atoms with E-state index in [1.165, 1.54) is 16.1 Å². The highest BCUT2D eigenvalue weighted by atomic mass is 32.1. The Morgan fingerprint density at radius 1 is 1.23 bits per heavy atom. The van der Waals surface area contributed by atoms with Gasteiger partial charge in [-0.15, -0.1) is 21.5 Å². The van der Waals surface area contributed by atoms with Crippen LogP contribution >= 0.6 is 11.3 Å². The fraction of sp³-hybridized carbons (Fsp3) is 0.400. The molecule has 0 unspecified atom stereocenters. The van der Waals surface area contributed by atoms with Crippen molar-refractivity contribution >= 4 is 28.3 Å². The number of anilines is 1. The van der Waals surface area contributed by atoms with Crippen LogP contribution in [0.25, 0.3) is 11.4 Å². The number of aromatic nitrogens is 5. The molecule has 0 radical (unpaired) electrons. The Bertz CT molecular complexity index is 1070. The number of thiazole rings is 1. The number of tetrazole rings is 1. The molecule has 0 fully saturated rings. The molecule has 0 spiro atoms. The van der Waals surface area contributed by atoms with Gasteiger partial charge in [-0.3, -0.25) is 9.59 Å². The van der Waals surface area contributed by atoms with E-state index in [2.05, 4.69) is 51.8 Å². The number of amides is 2. The van der Waals surface area contributed by atoms with E-state index < -0.39 is 0 Å². The highest BCUT2D eigenvalue weighted by Gasteiger charge is 2.21. The first-order valence-corrected chi connectivity index (χ1v) is 10.4. The zero-order chi connectivity index (χ0) is 21.9. The van der Waals surface area contributed by atoms with Crippen LogP contribution in [0.15, 0.2) is 24.3 Å². The van der Waals surface area contributed by atoms with Crippen molar-refractivity contribution in [1.29, 1.82) is 0 Å². The van der Waals surface area contributed by atoms with E-state index in [0.29, 0.717) is 22.1 Å². The van der Waals surface area contributed by atoms with Crippen LogP contribution in [-0.2, 0) is 17.3 Å². The van der Waals surface area contributed by atoms with Crippen molar-refractivity contribution in [2.75, 3.05) is 11.9 Å². The summed E-state index contributed by atoms with van der Waals surface area (Å²) < 4.78 is 0. The number of aryl methyl sites for hydroxylation is 2. The molecule has 0 saturated carbocycles. The molecule has 10 heteroatoms. The Hall–Kier alpha value is -3.14. The number of benzene rings is 1. The van der Waals surface area contributed by atoms with E-state index >= 15 is 0 Å². The van der Waals surface area contributed by atoms with Crippen molar-refractivity contribution in [3.63, 3.8) is 0 Å². The second-order valence-electron chi connectivity index (χ2n) is 7.92.